The number of rotatable bonds is 6. The number of benzene rings is 1. The zero-order valence-electron chi connectivity index (χ0n) is 14.9. The third-order valence-electron chi connectivity index (χ3n) is 3.73. The highest BCUT2D eigenvalue weighted by atomic mass is 32.2. The highest BCUT2D eigenvalue weighted by Crippen LogP contribution is 2.16. The number of amides is 1. The van der Waals surface area contributed by atoms with E-state index in [4.69, 9.17) is 11.5 Å². The van der Waals surface area contributed by atoms with E-state index in [0.29, 0.717) is 22.5 Å². The Kier molecular flexibility index (Phi) is 5.22. The van der Waals surface area contributed by atoms with E-state index in [0.717, 1.165) is 0 Å². The molecule has 0 unspecified atom stereocenters. The quantitative estimate of drug-likeness (QED) is 0.447. The summed E-state index contributed by atoms with van der Waals surface area (Å²) in [5.74, 6) is -0.730. The van der Waals surface area contributed by atoms with E-state index in [9.17, 15) is 13.2 Å². The van der Waals surface area contributed by atoms with Gasteiger partial charge in [-0.1, -0.05) is 6.07 Å². The van der Waals surface area contributed by atoms with Gasteiger partial charge >= 0.3 is 0 Å². The van der Waals surface area contributed by atoms with Crippen LogP contribution in [0.5, 0.6) is 0 Å². The van der Waals surface area contributed by atoms with Gasteiger partial charge in [0, 0.05) is 11.3 Å². The minimum absolute atomic E-state index is 0.0188. The maximum absolute atomic E-state index is 12.1. The van der Waals surface area contributed by atoms with Crippen molar-refractivity contribution in [3.8, 4) is 0 Å². The molecule has 0 saturated carbocycles. The smallest absolute Gasteiger partial charge is 0.264 e. The Morgan fingerprint density at radius 1 is 1.18 bits per heavy atom. The van der Waals surface area contributed by atoms with Crippen molar-refractivity contribution in [3.05, 3.63) is 41.7 Å². The molecule has 28 heavy (non-hydrogen) atoms. The molecule has 0 aliphatic rings. The summed E-state index contributed by atoms with van der Waals surface area (Å²) in [6.45, 7) is 1.73. The first-order chi connectivity index (χ1) is 13.3. The largest absolute Gasteiger partial charge is 0.382 e. The number of aromatic nitrogens is 4. The van der Waals surface area contributed by atoms with Crippen molar-refractivity contribution in [3.63, 3.8) is 0 Å². The maximum Gasteiger partial charge on any atom is 0.264 e. The Morgan fingerprint density at radius 3 is 2.71 bits per heavy atom. The maximum atomic E-state index is 12.1. The van der Waals surface area contributed by atoms with Gasteiger partial charge in [-0.25, -0.2) is 23.1 Å². The molecule has 12 heteroatoms. The molecule has 11 nitrogen and oxygen atoms in total. The highest BCUT2D eigenvalue weighted by Gasteiger charge is 2.14. The predicted octanol–water partition coefficient (Wildman–Crippen LogP) is 0.276. The molecule has 2 heterocycles. The Labute approximate surface area is 160 Å². The van der Waals surface area contributed by atoms with Crippen LogP contribution in [0, 0.1) is 0 Å². The van der Waals surface area contributed by atoms with Crippen molar-refractivity contribution >= 4 is 44.5 Å². The number of nitrogens with two attached hydrogens (primary N) is 2. The molecule has 0 atom stereocenters. The molecule has 3 aromatic rings. The lowest BCUT2D eigenvalue weighted by Crippen LogP contribution is -2.31. The molecule has 0 saturated heterocycles. The zero-order valence-corrected chi connectivity index (χ0v) is 15.7. The molecule has 0 bridgehead atoms. The van der Waals surface area contributed by atoms with Crippen molar-refractivity contribution in [2.45, 2.75) is 13.5 Å². The summed E-state index contributed by atoms with van der Waals surface area (Å²) in [4.78, 5) is 28.4. The van der Waals surface area contributed by atoms with E-state index < -0.39 is 15.9 Å². The van der Waals surface area contributed by atoms with Crippen LogP contribution < -0.4 is 21.5 Å². The van der Waals surface area contributed by atoms with Gasteiger partial charge in [0.1, 0.15) is 0 Å². The summed E-state index contributed by atoms with van der Waals surface area (Å²) in [6, 6.07) is 6.42. The second kappa shape index (κ2) is 7.60. The number of hydrogen-bond donors (Lipinski definition) is 4. The molecule has 3 rings (SSSR count). The lowest BCUT2D eigenvalue weighted by molar-refractivity contribution is 0.0981. The molecular weight excluding hydrogens is 384 g/mol. The number of anilines is 3. The lowest BCUT2D eigenvalue weighted by Gasteiger charge is -2.09. The van der Waals surface area contributed by atoms with Crippen LogP contribution in [-0.4, -0.2) is 40.0 Å². The Hall–Kier alpha value is -3.54. The molecule has 0 fully saturated rings. The number of hydrogen-bond acceptors (Lipinski definition) is 10. The summed E-state index contributed by atoms with van der Waals surface area (Å²) in [5, 5.41) is 3.09. The van der Waals surface area contributed by atoms with Crippen molar-refractivity contribution in [2.24, 2.45) is 0 Å². The summed E-state index contributed by atoms with van der Waals surface area (Å²) in [7, 11) is -3.63. The summed E-state index contributed by atoms with van der Waals surface area (Å²) in [5.41, 5.74) is 13.3. The standard InChI is InChI=1S/C16H18N8O3S/c1-2-28(26,27)24-15(25)9-4-3-5-10(6-9)19-7-11-8-20-14-12(21-11)13(17)22-16(18)23-14/h3-6,8,19H,2,7H2,1H3,(H,24,25)(H4,17,18,20,22,23). The van der Waals surface area contributed by atoms with E-state index in [1.807, 2.05) is 4.72 Å². The normalized spacial score (nSPS) is 11.3. The summed E-state index contributed by atoms with van der Waals surface area (Å²) < 4.78 is 25.1. The van der Waals surface area contributed by atoms with Gasteiger partial charge in [-0.15, -0.1) is 0 Å². The molecule has 6 N–H and O–H groups in total. The van der Waals surface area contributed by atoms with Crippen LogP contribution in [0.15, 0.2) is 30.5 Å². The first-order valence-electron chi connectivity index (χ1n) is 8.21. The number of sulfonamides is 1. The number of nitrogens with one attached hydrogen (secondary N) is 2. The third-order valence-corrected chi connectivity index (χ3v) is 4.98. The van der Waals surface area contributed by atoms with E-state index in [-0.39, 0.29) is 29.6 Å². The minimum atomic E-state index is -3.63. The number of fused-ring (bicyclic) bond motifs is 1. The van der Waals surface area contributed by atoms with Gasteiger partial charge < -0.3 is 16.8 Å². The van der Waals surface area contributed by atoms with Gasteiger partial charge in [0.05, 0.1) is 24.2 Å². The molecule has 1 aromatic carbocycles. The van der Waals surface area contributed by atoms with Gasteiger partial charge in [-0.05, 0) is 25.1 Å². The molecular formula is C16H18N8O3S. The van der Waals surface area contributed by atoms with Crippen molar-refractivity contribution < 1.29 is 13.2 Å². The molecule has 0 aliphatic heterocycles. The molecule has 146 valence electrons. The highest BCUT2D eigenvalue weighted by molar-refractivity contribution is 7.90. The van der Waals surface area contributed by atoms with Gasteiger partial charge in [0.25, 0.3) is 5.91 Å². The van der Waals surface area contributed by atoms with Crippen LogP contribution in [0.4, 0.5) is 17.5 Å². The molecule has 0 radical (unpaired) electrons. The van der Waals surface area contributed by atoms with Crippen LogP contribution in [0.3, 0.4) is 0 Å². The van der Waals surface area contributed by atoms with Crippen LogP contribution in [0.2, 0.25) is 0 Å². The molecule has 2 aromatic heterocycles. The fourth-order valence-corrected chi connectivity index (χ4v) is 2.85. The van der Waals surface area contributed by atoms with E-state index in [1.54, 1.807) is 12.1 Å². The van der Waals surface area contributed by atoms with Gasteiger partial charge in [0.15, 0.2) is 17.0 Å². The second-order valence-corrected chi connectivity index (χ2v) is 7.78. The summed E-state index contributed by atoms with van der Waals surface area (Å²) >= 11 is 0. The monoisotopic (exact) mass is 402 g/mol. The van der Waals surface area contributed by atoms with Crippen LogP contribution >= 0.6 is 0 Å². The Bertz CT molecular complexity index is 1150. The average molecular weight is 402 g/mol. The van der Waals surface area contributed by atoms with E-state index >= 15 is 0 Å². The minimum Gasteiger partial charge on any atom is -0.382 e. The van der Waals surface area contributed by atoms with Crippen LogP contribution in [0.1, 0.15) is 23.0 Å². The van der Waals surface area contributed by atoms with Crippen LogP contribution in [-0.2, 0) is 16.6 Å². The van der Waals surface area contributed by atoms with Crippen molar-refractivity contribution in [1.82, 2.24) is 24.7 Å². The van der Waals surface area contributed by atoms with Gasteiger partial charge in [-0.2, -0.15) is 9.97 Å². The first kappa shape index (κ1) is 19.2. The fraction of sp³-hybridized carbons (Fsp3) is 0.188. The topological polar surface area (TPSA) is 179 Å². The fourth-order valence-electron chi connectivity index (χ4n) is 2.30. The lowest BCUT2D eigenvalue weighted by atomic mass is 10.2. The number of carbonyl (C=O) groups excluding carboxylic acids is 1. The number of nitrogen functional groups attached to an aromatic ring is 2. The summed E-state index contributed by atoms with van der Waals surface area (Å²) in [6.07, 6.45) is 1.52. The van der Waals surface area contributed by atoms with E-state index in [1.165, 1.54) is 25.3 Å². The average Bonchev–Trinajstić information content (AvgIpc) is 2.66. The number of nitrogens with zero attached hydrogens (tertiary/aromatic N) is 4. The second-order valence-electron chi connectivity index (χ2n) is 5.77. The van der Waals surface area contributed by atoms with Crippen molar-refractivity contribution in [2.75, 3.05) is 22.5 Å². The Morgan fingerprint density at radius 2 is 1.96 bits per heavy atom. The van der Waals surface area contributed by atoms with Crippen LogP contribution in [0.25, 0.3) is 11.2 Å². The van der Waals surface area contributed by atoms with Gasteiger partial charge in [-0.3, -0.25) is 4.79 Å². The number of carbonyl (C=O) groups is 1. The Balaban J connectivity index is 1.75. The third kappa shape index (κ3) is 4.40. The predicted molar refractivity (Wildman–Crippen MR) is 105 cm³/mol. The zero-order chi connectivity index (χ0) is 20.3. The molecule has 0 aliphatic carbocycles. The van der Waals surface area contributed by atoms with Crippen molar-refractivity contribution in [1.29, 1.82) is 0 Å². The SMILES string of the molecule is CCS(=O)(=O)NC(=O)c1cccc(NCc2cnc3nc(N)nc(N)c3n2)c1. The van der Waals surface area contributed by atoms with Gasteiger partial charge in [0.2, 0.25) is 16.0 Å². The van der Waals surface area contributed by atoms with E-state index in [2.05, 4.69) is 25.3 Å². The molecule has 0 spiro atoms. The molecule has 1 amide bonds. The first-order valence-corrected chi connectivity index (χ1v) is 9.86.